The summed E-state index contributed by atoms with van der Waals surface area (Å²) in [4.78, 5) is 27.9. The van der Waals surface area contributed by atoms with Crippen molar-refractivity contribution in [2.24, 2.45) is 0 Å². The lowest BCUT2D eigenvalue weighted by Gasteiger charge is -2.30. The van der Waals surface area contributed by atoms with Crippen molar-refractivity contribution in [2.75, 3.05) is 38.6 Å². The Kier molecular flexibility index (Phi) is 7.50. The van der Waals surface area contributed by atoms with Crippen molar-refractivity contribution in [3.8, 4) is 23.0 Å². The Balaban J connectivity index is 1.39. The number of nitrogens with one attached hydrogen (secondary N) is 2. The number of methoxy groups -OCH3 is 1. The first-order valence-corrected chi connectivity index (χ1v) is 12.5. The van der Waals surface area contributed by atoms with Crippen molar-refractivity contribution in [1.29, 1.82) is 0 Å². The molecule has 3 heterocycles. The van der Waals surface area contributed by atoms with Gasteiger partial charge in [-0.05, 0) is 50.2 Å². The smallest absolute Gasteiger partial charge is 0.263 e. The molecule has 0 aliphatic carbocycles. The number of anilines is 2. The molecule has 4 aromatic rings. The fraction of sp³-hybridized carbons (Fsp3) is 0.286. The zero-order valence-electron chi connectivity index (χ0n) is 21.6. The molecule has 2 aromatic carbocycles. The van der Waals surface area contributed by atoms with Gasteiger partial charge < -0.3 is 29.7 Å². The third-order valence-corrected chi connectivity index (χ3v) is 6.24. The van der Waals surface area contributed by atoms with Crippen LogP contribution in [0.5, 0.6) is 23.0 Å². The van der Waals surface area contributed by atoms with Crippen LogP contribution in [0.15, 0.2) is 61.1 Å². The number of carbonyl (C=O) groups is 1. The highest BCUT2D eigenvalue weighted by Gasteiger charge is 2.24. The van der Waals surface area contributed by atoms with E-state index in [4.69, 9.17) is 14.2 Å². The molecule has 1 fully saturated rings. The van der Waals surface area contributed by atoms with Gasteiger partial charge in [0.2, 0.25) is 0 Å². The maximum absolute atomic E-state index is 13.0. The van der Waals surface area contributed by atoms with E-state index in [1.165, 1.54) is 6.33 Å². The minimum absolute atomic E-state index is 0.0426. The van der Waals surface area contributed by atoms with E-state index in [-0.39, 0.29) is 5.91 Å². The summed E-state index contributed by atoms with van der Waals surface area (Å²) in [5.41, 5.74) is 2.34. The zero-order chi connectivity index (χ0) is 26.5. The molecule has 1 atom stereocenters. The summed E-state index contributed by atoms with van der Waals surface area (Å²) in [5.74, 6) is 2.74. The van der Waals surface area contributed by atoms with E-state index >= 15 is 0 Å². The Bertz CT molecular complexity index is 1420. The number of fused-ring (bicyclic) bond motifs is 1. The third-order valence-electron chi connectivity index (χ3n) is 6.24. The molecule has 1 saturated heterocycles. The molecule has 2 aromatic heterocycles. The summed E-state index contributed by atoms with van der Waals surface area (Å²) in [6.45, 7) is 6.59. The Morgan fingerprint density at radius 1 is 1.03 bits per heavy atom. The monoisotopic (exact) mass is 514 g/mol. The molecule has 5 rings (SSSR count). The van der Waals surface area contributed by atoms with Crippen molar-refractivity contribution < 1.29 is 19.0 Å². The highest BCUT2D eigenvalue weighted by molar-refractivity contribution is 5.96. The first-order valence-electron chi connectivity index (χ1n) is 12.5. The van der Waals surface area contributed by atoms with Gasteiger partial charge in [0.1, 0.15) is 23.6 Å². The minimum atomic E-state index is -0.653. The maximum atomic E-state index is 13.0. The molecule has 1 aliphatic rings. The molecule has 38 heavy (non-hydrogen) atoms. The van der Waals surface area contributed by atoms with Gasteiger partial charge in [0, 0.05) is 43.6 Å². The van der Waals surface area contributed by atoms with Crippen molar-refractivity contribution in [1.82, 2.24) is 25.2 Å². The summed E-state index contributed by atoms with van der Waals surface area (Å²) in [6, 6.07) is 14.8. The SMILES string of the molecule is COc1cc(Nc2ncnc3cccc(O[C@H](C)C(=O)N4CCNCC4)c23)ccc1Oc1ccc(C)nc1. The predicted octanol–water partition coefficient (Wildman–Crippen LogP) is 4.08. The van der Waals surface area contributed by atoms with Crippen LogP contribution in [0, 0.1) is 6.92 Å². The quantitative estimate of drug-likeness (QED) is 0.359. The first kappa shape index (κ1) is 25.2. The molecule has 0 saturated carbocycles. The van der Waals surface area contributed by atoms with E-state index < -0.39 is 6.10 Å². The summed E-state index contributed by atoms with van der Waals surface area (Å²) in [7, 11) is 1.59. The highest BCUT2D eigenvalue weighted by Crippen LogP contribution is 2.36. The lowest BCUT2D eigenvalue weighted by atomic mass is 10.2. The first-order chi connectivity index (χ1) is 18.5. The van der Waals surface area contributed by atoms with Crippen LogP contribution in [0.4, 0.5) is 11.5 Å². The van der Waals surface area contributed by atoms with Crippen LogP contribution >= 0.6 is 0 Å². The number of benzene rings is 2. The van der Waals surface area contributed by atoms with Gasteiger partial charge in [-0.15, -0.1) is 0 Å². The second-order valence-electron chi connectivity index (χ2n) is 8.94. The maximum Gasteiger partial charge on any atom is 0.263 e. The van der Waals surface area contributed by atoms with E-state index in [1.807, 2.05) is 60.4 Å². The van der Waals surface area contributed by atoms with E-state index in [9.17, 15) is 4.79 Å². The van der Waals surface area contributed by atoms with E-state index in [0.717, 1.165) is 24.5 Å². The predicted molar refractivity (Wildman–Crippen MR) is 144 cm³/mol. The molecule has 0 spiro atoms. The fourth-order valence-electron chi connectivity index (χ4n) is 4.26. The molecule has 196 valence electrons. The molecule has 10 heteroatoms. The van der Waals surface area contributed by atoms with Gasteiger partial charge in [-0.25, -0.2) is 9.97 Å². The number of aromatic nitrogens is 3. The largest absolute Gasteiger partial charge is 0.493 e. The van der Waals surface area contributed by atoms with Crippen molar-refractivity contribution in [3.05, 3.63) is 66.7 Å². The molecular formula is C28H30N6O4. The van der Waals surface area contributed by atoms with Crippen LogP contribution in [0.25, 0.3) is 10.9 Å². The number of nitrogens with zero attached hydrogens (tertiary/aromatic N) is 4. The topological polar surface area (TPSA) is 111 Å². The van der Waals surface area contributed by atoms with Gasteiger partial charge >= 0.3 is 0 Å². The summed E-state index contributed by atoms with van der Waals surface area (Å²) >= 11 is 0. The van der Waals surface area contributed by atoms with Crippen LogP contribution in [0.2, 0.25) is 0 Å². The fourth-order valence-corrected chi connectivity index (χ4v) is 4.26. The molecule has 10 nitrogen and oxygen atoms in total. The molecule has 2 N–H and O–H groups in total. The number of pyridine rings is 1. The molecule has 1 aliphatic heterocycles. The van der Waals surface area contributed by atoms with E-state index in [2.05, 4.69) is 25.6 Å². The number of hydrogen-bond acceptors (Lipinski definition) is 9. The summed E-state index contributed by atoms with van der Waals surface area (Å²) in [6.07, 6.45) is 2.51. The van der Waals surface area contributed by atoms with Crippen LogP contribution in [0.3, 0.4) is 0 Å². The van der Waals surface area contributed by atoms with Crippen LogP contribution in [0.1, 0.15) is 12.6 Å². The Labute approximate surface area is 221 Å². The number of rotatable bonds is 8. The molecule has 1 amide bonds. The lowest BCUT2D eigenvalue weighted by Crippen LogP contribution is -2.50. The lowest BCUT2D eigenvalue weighted by molar-refractivity contribution is -0.138. The minimum Gasteiger partial charge on any atom is -0.493 e. The summed E-state index contributed by atoms with van der Waals surface area (Å²) in [5, 5.41) is 7.28. The van der Waals surface area contributed by atoms with Crippen LogP contribution < -0.4 is 24.8 Å². The van der Waals surface area contributed by atoms with Crippen molar-refractivity contribution >= 4 is 28.3 Å². The van der Waals surface area contributed by atoms with Crippen molar-refractivity contribution in [3.63, 3.8) is 0 Å². The van der Waals surface area contributed by atoms with Gasteiger partial charge in [0.15, 0.2) is 17.6 Å². The number of aryl methyl sites for hydroxylation is 1. The normalized spacial score (nSPS) is 14.1. The van der Waals surface area contributed by atoms with Gasteiger partial charge in [0.05, 0.1) is 24.2 Å². The Hall–Kier alpha value is -4.44. The second-order valence-corrected chi connectivity index (χ2v) is 8.94. The number of ether oxygens (including phenoxy) is 3. The number of carbonyl (C=O) groups excluding carboxylic acids is 1. The standard InChI is InChI=1S/C28H30N6O4/c1-18-7-9-21(16-30-18)38-23-10-8-20(15-25(23)36-3)33-27-26-22(31-17-32-27)5-4-6-24(26)37-19(2)28(35)34-13-11-29-12-14-34/h4-10,15-17,19,29H,11-14H2,1-3H3,(H,31,32,33)/t19-/m1/s1. The van der Waals surface area contributed by atoms with Gasteiger partial charge in [0.25, 0.3) is 5.91 Å². The van der Waals surface area contributed by atoms with E-state index in [0.29, 0.717) is 52.8 Å². The van der Waals surface area contributed by atoms with Gasteiger partial charge in [-0.1, -0.05) is 6.07 Å². The average Bonchev–Trinajstić information content (AvgIpc) is 2.95. The van der Waals surface area contributed by atoms with Crippen molar-refractivity contribution in [2.45, 2.75) is 20.0 Å². The molecular weight excluding hydrogens is 484 g/mol. The number of piperazine rings is 1. The molecule has 0 radical (unpaired) electrons. The van der Waals surface area contributed by atoms with Crippen LogP contribution in [-0.4, -0.2) is 65.2 Å². The Morgan fingerprint density at radius 2 is 1.87 bits per heavy atom. The van der Waals surface area contributed by atoms with Crippen LogP contribution in [-0.2, 0) is 4.79 Å². The number of amides is 1. The van der Waals surface area contributed by atoms with Gasteiger partial charge in [-0.2, -0.15) is 0 Å². The zero-order valence-corrected chi connectivity index (χ0v) is 21.6. The summed E-state index contributed by atoms with van der Waals surface area (Å²) < 4.78 is 17.7. The van der Waals surface area contributed by atoms with E-state index in [1.54, 1.807) is 20.2 Å². The average molecular weight is 515 g/mol. The molecule has 0 bridgehead atoms. The van der Waals surface area contributed by atoms with Gasteiger partial charge in [-0.3, -0.25) is 9.78 Å². The Morgan fingerprint density at radius 3 is 2.63 bits per heavy atom. The highest BCUT2D eigenvalue weighted by atomic mass is 16.5. The third kappa shape index (κ3) is 5.60. The second kappa shape index (κ2) is 11.3. The number of hydrogen-bond donors (Lipinski definition) is 2. The molecule has 0 unspecified atom stereocenters.